The second kappa shape index (κ2) is 8.49. The Labute approximate surface area is 161 Å². The lowest BCUT2D eigenvalue weighted by Gasteiger charge is -2.28. The van der Waals surface area contributed by atoms with Crippen molar-refractivity contribution in [3.05, 3.63) is 58.1 Å². The molecule has 1 aliphatic heterocycles. The van der Waals surface area contributed by atoms with Gasteiger partial charge in [-0.2, -0.15) is 0 Å². The zero-order valence-corrected chi connectivity index (χ0v) is 15.3. The first-order valence-electron chi connectivity index (χ1n) is 8.74. The zero-order valence-electron chi connectivity index (χ0n) is 15.3. The van der Waals surface area contributed by atoms with Crippen molar-refractivity contribution in [2.75, 3.05) is 41.8 Å². The van der Waals surface area contributed by atoms with Crippen LogP contribution in [0.15, 0.2) is 42.5 Å². The number of anilines is 3. The molecule has 0 atom stereocenters. The maximum atomic E-state index is 12.5. The fourth-order valence-electron chi connectivity index (χ4n) is 2.93. The first-order valence-corrected chi connectivity index (χ1v) is 8.74. The molecule has 1 saturated heterocycles. The highest BCUT2D eigenvalue weighted by molar-refractivity contribution is 6.05. The van der Waals surface area contributed by atoms with Crippen LogP contribution in [0.5, 0.6) is 0 Å². The van der Waals surface area contributed by atoms with E-state index in [0.29, 0.717) is 43.4 Å². The number of benzene rings is 2. The lowest BCUT2D eigenvalue weighted by atomic mass is 10.1. The summed E-state index contributed by atoms with van der Waals surface area (Å²) in [5.74, 6) is -0.645. The summed E-state index contributed by atoms with van der Waals surface area (Å²) in [6, 6.07) is 11.0. The molecule has 0 radical (unpaired) electrons. The van der Waals surface area contributed by atoms with Crippen LogP contribution in [0.1, 0.15) is 17.3 Å². The van der Waals surface area contributed by atoms with Gasteiger partial charge in [-0.1, -0.05) is 0 Å². The molecule has 0 spiro atoms. The molecule has 28 heavy (non-hydrogen) atoms. The van der Waals surface area contributed by atoms with Crippen molar-refractivity contribution in [2.45, 2.75) is 6.92 Å². The van der Waals surface area contributed by atoms with Crippen LogP contribution in [0.2, 0.25) is 0 Å². The first-order chi connectivity index (χ1) is 13.4. The first kappa shape index (κ1) is 19.3. The number of hydrogen-bond donors (Lipinski definition) is 2. The van der Waals surface area contributed by atoms with E-state index in [-0.39, 0.29) is 17.2 Å². The molecule has 2 aromatic carbocycles. The quantitative estimate of drug-likeness (QED) is 0.605. The Balaban J connectivity index is 1.77. The van der Waals surface area contributed by atoms with Crippen LogP contribution in [-0.2, 0) is 9.53 Å². The lowest BCUT2D eigenvalue weighted by molar-refractivity contribution is -0.384. The molecule has 2 aromatic rings. The van der Waals surface area contributed by atoms with Gasteiger partial charge in [0, 0.05) is 43.0 Å². The SMILES string of the molecule is CC(=O)Nc1ccc(NC(=O)c2ccc(N3CCOCC3)c([N+](=O)[O-])c2)cc1. The number of nitrogens with zero attached hydrogens (tertiary/aromatic N) is 2. The molecule has 9 heteroatoms. The van der Waals surface area contributed by atoms with Crippen molar-refractivity contribution in [1.29, 1.82) is 0 Å². The molecular formula is C19H20N4O5. The minimum Gasteiger partial charge on any atom is -0.378 e. The molecular weight excluding hydrogens is 364 g/mol. The summed E-state index contributed by atoms with van der Waals surface area (Å²) in [7, 11) is 0. The lowest BCUT2D eigenvalue weighted by Crippen LogP contribution is -2.36. The normalized spacial score (nSPS) is 13.7. The van der Waals surface area contributed by atoms with Crippen molar-refractivity contribution < 1.29 is 19.2 Å². The fraction of sp³-hybridized carbons (Fsp3) is 0.263. The van der Waals surface area contributed by atoms with E-state index in [0.717, 1.165) is 0 Å². The molecule has 0 saturated carbocycles. The molecule has 3 rings (SSSR count). The van der Waals surface area contributed by atoms with Gasteiger partial charge in [-0.15, -0.1) is 0 Å². The predicted octanol–water partition coefficient (Wildman–Crippen LogP) is 2.64. The summed E-state index contributed by atoms with van der Waals surface area (Å²) in [5, 5.41) is 16.8. The van der Waals surface area contributed by atoms with Crippen LogP contribution in [0.3, 0.4) is 0 Å². The van der Waals surface area contributed by atoms with Gasteiger partial charge in [0.2, 0.25) is 5.91 Å². The van der Waals surface area contributed by atoms with Gasteiger partial charge >= 0.3 is 0 Å². The highest BCUT2D eigenvalue weighted by atomic mass is 16.6. The number of nitro groups is 1. The maximum Gasteiger partial charge on any atom is 0.293 e. The fourth-order valence-corrected chi connectivity index (χ4v) is 2.93. The van der Waals surface area contributed by atoms with Crippen LogP contribution in [0.4, 0.5) is 22.7 Å². The molecule has 9 nitrogen and oxygen atoms in total. The van der Waals surface area contributed by atoms with E-state index in [4.69, 9.17) is 4.74 Å². The third-order valence-electron chi connectivity index (χ3n) is 4.25. The highest BCUT2D eigenvalue weighted by Gasteiger charge is 2.23. The van der Waals surface area contributed by atoms with Crippen molar-refractivity contribution in [2.24, 2.45) is 0 Å². The van der Waals surface area contributed by atoms with Crippen molar-refractivity contribution >= 4 is 34.6 Å². The number of amides is 2. The maximum absolute atomic E-state index is 12.5. The van der Waals surface area contributed by atoms with Crippen LogP contribution >= 0.6 is 0 Å². The minimum absolute atomic E-state index is 0.115. The average molecular weight is 384 g/mol. The third-order valence-corrected chi connectivity index (χ3v) is 4.25. The van der Waals surface area contributed by atoms with Crippen LogP contribution in [0.25, 0.3) is 0 Å². The molecule has 2 N–H and O–H groups in total. The van der Waals surface area contributed by atoms with Crippen molar-refractivity contribution in [3.8, 4) is 0 Å². The summed E-state index contributed by atoms with van der Waals surface area (Å²) in [5.41, 5.74) is 1.67. The molecule has 146 valence electrons. The van der Waals surface area contributed by atoms with E-state index in [9.17, 15) is 19.7 Å². The summed E-state index contributed by atoms with van der Waals surface area (Å²) in [4.78, 5) is 36.4. The molecule has 0 unspecified atom stereocenters. The molecule has 0 aliphatic carbocycles. The van der Waals surface area contributed by atoms with Crippen LogP contribution in [0, 0.1) is 10.1 Å². The van der Waals surface area contributed by atoms with Gasteiger partial charge in [-0.3, -0.25) is 19.7 Å². The van der Waals surface area contributed by atoms with E-state index >= 15 is 0 Å². The number of nitrogens with one attached hydrogen (secondary N) is 2. The van der Waals surface area contributed by atoms with E-state index < -0.39 is 10.8 Å². The molecule has 1 heterocycles. The van der Waals surface area contributed by atoms with Gasteiger partial charge in [-0.05, 0) is 36.4 Å². The Morgan fingerprint density at radius 2 is 1.64 bits per heavy atom. The van der Waals surface area contributed by atoms with Crippen molar-refractivity contribution in [1.82, 2.24) is 0 Å². The molecule has 1 fully saturated rings. The summed E-state index contributed by atoms with van der Waals surface area (Å²) in [6.07, 6.45) is 0. The number of nitro benzene ring substituents is 1. The van der Waals surface area contributed by atoms with E-state index in [2.05, 4.69) is 10.6 Å². The minimum atomic E-state index is -0.482. The largest absolute Gasteiger partial charge is 0.378 e. The average Bonchev–Trinajstić information content (AvgIpc) is 2.69. The second-order valence-electron chi connectivity index (χ2n) is 6.27. The molecule has 0 aromatic heterocycles. The predicted molar refractivity (Wildman–Crippen MR) is 105 cm³/mol. The standard InChI is InChI=1S/C19H20N4O5/c1-13(24)20-15-3-5-16(6-4-15)21-19(25)14-2-7-17(18(12-14)23(26)27)22-8-10-28-11-9-22/h2-7,12H,8-11H2,1H3,(H,20,24)(H,21,25). The van der Waals surface area contributed by atoms with Gasteiger partial charge in [0.25, 0.3) is 11.6 Å². The number of rotatable bonds is 5. The monoisotopic (exact) mass is 384 g/mol. The topological polar surface area (TPSA) is 114 Å². The van der Waals surface area contributed by atoms with Gasteiger partial charge in [-0.25, -0.2) is 0 Å². The molecule has 2 amide bonds. The Kier molecular flexibility index (Phi) is 5.85. The third kappa shape index (κ3) is 4.63. The molecule has 1 aliphatic rings. The smallest absolute Gasteiger partial charge is 0.293 e. The second-order valence-corrected chi connectivity index (χ2v) is 6.27. The van der Waals surface area contributed by atoms with Crippen molar-refractivity contribution in [3.63, 3.8) is 0 Å². The summed E-state index contributed by atoms with van der Waals surface area (Å²) >= 11 is 0. The number of carbonyl (C=O) groups excluding carboxylic acids is 2. The summed E-state index contributed by atoms with van der Waals surface area (Å²) in [6.45, 7) is 3.55. The van der Waals surface area contributed by atoms with Gasteiger partial charge in [0.05, 0.1) is 18.1 Å². The highest BCUT2D eigenvalue weighted by Crippen LogP contribution is 2.30. The van der Waals surface area contributed by atoms with Crippen LogP contribution < -0.4 is 15.5 Å². The Bertz CT molecular complexity index is 892. The van der Waals surface area contributed by atoms with Gasteiger partial charge < -0.3 is 20.3 Å². The van der Waals surface area contributed by atoms with E-state index in [1.54, 1.807) is 36.4 Å². The molecule has 0 bridgehead atoms. The van der Waals surface area contributed by atoms with E-state index in [1.807, 2.05) is 4.90 Å². The summed E-state index contributed by atoms with van der Waals surface area (Å²) < 4.78 is 5.28. The van der Waals surface area contributed by atoms with E-state index in [1.165, 1.54) is 13.0 Å². The Morgan fingerprint density at radius 3 is 2.21 bits per heavy atom. The zero-order chi connectivity index (χ0) is 20.1. The van der Waals surface area contributed by atoms with Crippen LogP contribution in [-0.4, -0.2) is 43.0 Å². The number of morpholine rings is 1. The number of ether oxygens (including phenoxy) is 1. The van der Waals surface area contributed by atoms with Gasteiger partial charge in [0.1, 0.15) is 5.69 Å². The number of hydrogen-bond acceptors (Lipinski definition) is 6. The Morgan fingerprint density at radius 1 is 1.04 bits per heavy atom. The Hall–Kier alpha value is -3.46. The number of carbonyl (C=O) groups is 2. The van der Waals surface area contributed by atoms with Gasteiger partial charge in [0.15, 0.2) is 0 Å².